The third-order valence-electron chi connectivity index (χ3n) is 6.05. The molecule has 0 bridgehead atoms. The van der Waals surface area contributed by atoms with E-state index in [1.54, 1.807) is 16.2 Å². The first kappa shape index (κ1) is 19.4. The van der Waals surface area contributed by atoms with Gasteiger partial charge in [-0.3, -0.25) is 19.0 Å². The molecule has 2 fully saturated rings. The van der Waals surface area contributed by atoms with Crippen LogP contribution in [0, 0.1) is 5.92 Å². The molecule has 7 nitrogen and oxygen atoms in total. The highest BCUT2D eigenvalue weighted by molar-refractivity contribution is 7.18. The molecule has 2 amide bonds. The SMILES string of the molecule is O=C(Cn1cnc2scc(-c3cccs3)c2c1=O)N1CCN(C(=O)C2CCC2)CC1. The second-order valence-corrected chi connectivity index (χ2v) is 9.62. The smallest absolute Gasteiger partial charge is 0.263 e. The zero-order valence-corrected chi connectivity index (χ0v) is 18.1. The van der Waals surface area contributed by atoms with Gasteiger partial charge in [-0.25, -0.2) is 4.98 Å². The molecule has 4 heterocycles. The average Bonchev–Trinajstić information content (AvgIpc) is 3.38. The molecule has 1 aliphatic heterocycles. The van der Waals surface area contributed by atoms with Gasteiger partial charge in [-0.2, -0.15) is 0 Å². The minimum Gasteiger partial charge on any atom is -0.339 e. The summed E-state index contributed by atoms with van der Waals surface area (Å²) in [5.41, 5.74) is 0.698. The normalized spacial score (nSPS) is 17.3. The van der Waals surface area contributed by atoms with Crippen LogP contribution in [0.4, 0.5) is 0 Å². The van der Waals surface area contributed by atoms with Crippen molar-refractivity contribution in [2.75, 3.05) is 26.2 Å². The summed E-state index contributed by atoms with van der Waals surface area (Å²) in [5, 5.41) is 4.51. The first-order chi connectivity index (χ1) is 14.6. The number of thiophene rings is 2. The number of amides is 2. The third-order valence-corrected chi connectivity index (χ3v) is 7.84. The van der Waals surface area contributed by atoms with E-state index in [0.29, 0.717) is 36.4 Å². The molecule has 1 saturated carbocycles. The molecular weight excluding hydrogens is 420 g/mol. The van der Waals surface area contributed by atoms with Gasteiger partial charge in [0, 0.05) is 47.9 Å². The van der Waals surface area contributed by atoms with Gasteiger partial charge in [-0.15, -0.1) is 22.7 Å². The van der Waals surface area contributed by atoms with Crippen LogP contribution in [0.25, 0.3) is 20.7 Å². The van der Waals surface area contributed by atoms with Crippen LogP contribution in [0.5, 0.6) is 0 Å². The minimum atomic E-state index is -0.184. The summed E-state index contributed by atoms with van der Waals surface area (Å²) >= 11 is 3.02. The van der Waals surface area contributed by atoms with Gasteiger partial charge >= 0.3 is 0 Å². The maximum absolute atomic E-state index is 13.1. The predicted octanol–water partition coefficient (Wildman–Crippen LogP) is 2.66. The lowest BCUT2D eigenvalue weighted by Crippen LogP contribution is -2.53. The molecule has 0 spiro atoms. The number of rotatable bonds is 4. The summed E-state index contributed by atoms with van der Waals surface area (Å²) in [5.74, 6) is 0.312. The molecule has 3 aromatic heterocycles. The Kier molecular flexibility index (Phi) is 5.16. The fourth-order valence-electron chi connectivity index (χ4n) is 4.03. The van der Waals surface area contributed by atoms with E-state index in [2.05, 4.69) is 4.98 Å². The van der Waals surface area contributed by atoms with Crippen molar-refractivity contribution < 1.29 is 9.59 Å². The van der Waals surface area contributed by atoms with Gasteiger partial charge < -0.3 is 9.80 Å². The lowest BCUT2D eigenvalue weighted by atomic mass is 9.84. The molecule has 5 rings (SSSR count). The molecule has 0 unspecified atom stereocenters. The molecule has 1 aliphatic carbocycles. The number of nitrogens with zero attached hydrogens (tertiary/aromatic N) is 4. The van der Waals surface area contributed by atoms with Crippen molar-refractivity contribution in [2.24, 2.45) is 5.92 Å². The summed E-state index contributed by atoms with van der Waals surface area (Å²) in [6.45, 7) is 2.14. The molecule has 0 aromatic carbocycles. The predicted molar refractivity (Wildman–Crippen MR) is 118 cm³/mol. The van der Waals surface area contributed by atoms with Crippen molar-refractivity contribution in [3.63, 3.8) is 0 Å². The summed E-state index contributed by atoms with van der Waals surface area (Å²) in [7, 11) is 0. The Morgan fingerprint density at radius 3 is 2.53 bits per heavy atom. The zero-order chi connectivity index (χ0) is 20.7. The Labute approximate surface area is 181 Å². The lowest BCUT2D eigenvalue weighted by molar-refractivity contribution is -0.144. The Hall–Kier alpha value is -2.52. The van der Waals surface area contributed by atoms with Crippen molar-refractivity contribution in [2.45, 2.75) is 25.8 Å². The molecule has 0 atom stereocenters. The number of aromatic nitrogens is 2. The molecule has 0 N–H and O–H groups in total. The van der Waals surface area contributed by atoms with Gasteiger partial charge in [0.2, 0.25) is 11.8 Å². The van der Waals surface area contributed by atoms with E-state index in [-0.39, 0.29) is 29.8 Å². The lowest BCUT2D eigenvalue weighted by Gasteiger charge is -2.38. The molecule has 9 heteroatoms. The van der Waals surface area contributed by atoms with E-state index < -0.39 is 0 Å². The first-order valence-corrected chi connectivity index (χ1v) is 11.9. The summed E-state index contributed by atoms with van der Waals surface area (Å²) in [6.07, 6.45) is 4.59. The van der Waals surface area contributed by atoms with Crippen LogP contribution >= 0.6 is 22.7 Å². The summed E-state index contributed by atoms with van der Waals surface area (Å²) < 4.78 is 1.40. The fraction of sp³-hybridized carbons (Fsp3) is 0.429. The van der Waals surface area contributed by atoms with Crippen molar-refractivity contribution >= 4 is 44.7 Å². The van der Waals surface area contributed by atoms with Crippen LogP contribution in [-0.4, -0.2) is 57.3 Å². The monoisotopic (exact) mass is 442 g/mol. The van der Waals surface area contributed by atoms with Crippen LogP contribution in [0.1, 0.15) is 19.3 Å². The van der Waals surface area contributed by atoms with Gasteiger partial charge in [0.1, 0.15) is 11.4 Å². The topological polar surface area (TPSA) is 75.5 Å². The maximum atomic E-state index is 13.1. The zero-order valence-electron chi connectivity index (χ0n) is 16.5. The van der Waals surface area contributed by atoms with Gasteiger partial charge in [-0.05, 0) is 24.3 Å². The highest BCUT2D eigenvalue weighted by atomic mass is 32.1. The molecule has 1 saturated heterocycles. The van der Waals surface area contributed by atoms with E-state index in [1.165, 1.54) is 22.2 Å². The van der Waals surface area contributed by atoms with Crippen molar-refractivity contribution in [3.8, 4) is 10.4 Å². The van der Waals surface area contributed by atoms with Gasteiger partial charge in [0.15, 0.2) is 0 Å². The van der Waals surface area contributed by atoms with Crippen molar-refractivity contribution in [1.29, 1.82) is 0 Å². The van der Waals surface area contributed by atoms with Gasteiger partial charge in [0.05, 0.1) is 11.7 Å². The second-order valence-electron chi connectivity index (χ2n) is 7.82. The van der Waals surface area contributed by atoms with Crippen LogP contribution in [0.2, 0.25) is 0 Å². The number of carbonyl (C=O) groups is 2. The second kappa shape index (κ2) is 7.96. The highest BCUT2D eigenvalue weighted by Gasteiger charge is 2.32. The summed E-state index contributed by atoms with van der Waals surface area (Å²) in [4.78, 5) is 48.1. The quantitative estimate of drug-likeness (QED) is 0.623. The Morgan fingerprint density at radius 2 is 1.87 bits per heavy atom. The maximum Gasteiger partial charge on any atom is 0.263 e. The Morgan fingerprint density at radius 1 is 1.10 bits per heavy atom. The largest absolute Gasteiger partial charge is 0.339 e. The van der Waals surface area contributed by atoms with Crippen molar-refractivity contribution in [3.05, 3.63) is 39.6 Å². The number of fused-ring (bicyclic) bond motifs is 1. The molecule has 3 aromatic rings. The minimum absolute atomic E-state index is 0.0297. The average molecular weight is 443 g/mol. The highest BCUT2D eigenvalue weighted by Crippen LogP contribution is 2.33. The molecular formula is C21H22N4O3S2. The number of piperazine rings is 1. The van der Waals surface area contributed by atoms with Crippen LogP contribution in [0.15, 0.2) is 34.0 Å². The fourth-order valence-corrected chi connectivity index (χ4v) is 5.75. The first-order valence-electron chi connectivity index (χ1n) is 10.2. The van der Waals surface area contributed by atoms with Crippen LogP contribution < -0.4 is 5.56 Å². The Bertz CT molecular complexity index is 1140. The van der Waals surface area contributed by atoms with Crippen LogP contribution in [-0.2, 0) is 16.1 Å². The molecule has 156 valence electrons. The van der Waals surface area contributed by atoms with E-state index in [9.17, 15) is 14.4 Å². The van der Waals surface area contributed by atoms with E-state index in [1.807, 2.05) is 27.8 Å². The van der Waals surface area contributed by atoms with Crippen molar-refractivity contribution in [1.82, 2.24) is 19.4 Å². The molecule has 0 radical (unpaired) electrons. The number of hydrogen-bond donors (Lipinski definition) is 0. The number of carbonyl (C=O) groups excluding carboxylic acids is 2. The summed E-state index contributed by atoms with van der Waals surface area (Å²) in [6, 6.07) is 3.94. The van der Waals surface area contributed by atoms with E-state index >= 15 is 0 Å². The molecule has 30 heavy (non-hydrogen) atoms. The van der Waals surface area contributed by atoms with Gasteiger partial charge in [-0.1, -0.05) is 12.5 Å². The Balaban J connectivity index is 1.29. The number of hydrogen-bond acceptors (Lipinski definition) is 6. The van der Waals surface area contributed by atoms with Gasteiger partial charge in [0.25, 0.3) is 5.56 Å². The standard InChI is InChI=1S/C21H22N4O3S2/c26-17(23-6-8-24(9-7-23)20(27)14-3-1-4-14)11-25-13-22-19-18(21(25)28)15(12-30-19)16-5-2-10-29-16/h2,5,10,12-14H,1,3-4,6-9,11H2. The van der Waals surface area contributed by atoms with E-state index in [4.69, 9.17) is 0 Å². The molecule has 2 aliphatic rings. The van der Waals surface area contributed by atoms with Crippen LogP contribution in [0.3, 0.4) is 0 Å². The third kappa shape index (κ3) is 3.45. The van der Waals surface area contributed by atoms with E-state index in [0.717, 1.165) is 29.7 Å².